The van der Waals surface area contributed by atoms with Crippen LogP contribution in [0.4, 0.5) is 4.39 Å². The van der Waals surface area contributed by atoms with Gasteiger partial charge in [-0.2, -0.15) is 0 Å². The van der Waals surface area contributed by atoms with Gasteiger partial charge in [0, 0.05) is 23.4 Å². The molecule has 1 fully saturated rings. The minimum absolute atomic E-state index is 0.0460. The highest BCUT2D eigenvalue weighted by Gasteiger charge is 2.45. The Balaban J connectivity index is 2.31. The van der Waals surface area contributed by atoms with Crippen LogP contribution in [0.25, 0.3) is 0 Å². The number of allylic oxidation sites excluding steroid dienone is 3. The van der Waals surface area contributed by atoms with E-state index in [4.69, 9.17) is 10.5 Å². The van der Waals surface area contributed by atoms with Gasteiger partial charge in [0.25, 0.3) is 0 Å². The summed E-state index contributed by atoms with van der Waals surface area (Å²) in [7, 11) is 0. The highest BCUT2D eigenvalue weighted by molar-refractivity contribution is 9.11. The fraction of sp³-hybridized carbons (Fsp3) is 0.692. The molecule has 3 N–H and O–H groups in total. The van der Waals surface area contributed by atoms with Crippen molar-refractivity contribution in [1.29, 1.82) is 0 Å². The Hall–Kier alpha value is -0.230. The van der Waals surface area contributed by atoms with E-state index in [2.05, 4.69) is 15.9 Å². The van der Waals surface area contributed by atoms with Crippen LogP contribution >= 0.6 is 15.9 Å². The van der Waals surface area contributed by atoms with Gasteiger partial charge in [-0.15, -0.1) is 0 Å². The van der Waals surface area contributed by atoms with Crippen molar-refractivity contribution >= 4 is 15.9 Å². The van der Waals surface area contributed by atoms with Crippen molar-refractivity contribution in [3.8, 4) is 0 Å². The number of aliphatic hydroxyl groups is 1. The molecule has 0 spiro atoms. The second-order valence-electron chi connectivity index (χ2n) is 5.17. The van der Waals surface area contributed by atoms with Gasteiger partial charge in [0.2, 0.25) is 0 Å². The zero-order chi connectivity index (χ0) is 13.3. The summed E-state index contributed by atoms with van der Waals surface area (Å²) in [5.41, 5.74) is 5.98. The van der Waals surface area contributed by atoms with E-state index >= 15 is 0 Å². The molecule has 3 nitrogen and oxygen atoms in total. The van der Waals surface area contributed by atoms with E-state index < -0.39 is 11.7 Å². The fourth-order valence-electron chi connectivity index (χ4n) is 2.70. The SMILES string of the molecule is C[C@H]1CC(CO)C(N)(C2=CC(Br)=CCC2F)CO1. The van der Waals surface area contributed by atoms with Crippen molar-refractivity contribution in [2.75, 3.05) is 13.2 Å². The van der Waals surface area contributed by atoms with Gasteiger partial charge in [0.15, 0.2) is 0 Å². The maximum absolute atomic E-state index is 14.1. The highest BCUT2D eigenvalue weighted by atomic mass is 79.9. The first-order valence-corrected chi connectivity index (χ1v) is 6.99. The maximum atomic E-state index is 14.1. The summed E-state index contributed by atoms with van der Waals surface area (Å²) in [4.78, 5) is 0. The predicted octanol–water partition coefficient (Wildman–Crippen LogP) is 2.05. The van der Waals surface area contributed by atoms with Crippen LogP contribution in [0.15, 0.2) is 22.2 Å². The fourth-order valence-corrected chi connectivity index (χ4v) is 3.13. The third kappa shape index (κ3) is 2.54. The lowest BCUT2D eigenvalue weighted by molar-refractivity contribution is -0.0553. The summed E-state index contributed by atoms with van der Waals surface area (Å²) in [6, 6.07) is 0. The largest absolute Gasteiger partial charge is 0.396 e. The highest BCUT2D eigenvalue weighted by Crippen LogP contribution is 2.39. The van der Waals surface area contributed by atoms with Gasteiger partial charge < -0.3 is 15.6 Å². The number of rotatable bonds is 2. The molecular formula is C13H19BrFNO2. The van der Waals surface area contributed by atoms with Crippen LogP contribution in [0.3, 0.4) is 0 Å². The number of nitrogens with two attached hydrogens (primary N) is 1. The van der Waals surface area contributed by atoms with Crippen LogP contribution in [0.2, 0.25) is 0 Å². The first kappa shape index (κ1) is 14.2. The van der Waals surface area contributed by atoms with Gasteiger partial charge in [-0.25, -0.2) is 4.39 Å². The number of ether oxygens (including phenoxy) is 1. The summed E-state index contributed by atoms with van der Waals surface area (Å²) in [6.07, 6.45) is 3.45. The summed E-state index contributed by atoms with van der Waals surface area (Å²) in [6.45, 7) is 2.15. The second-order valence-corrected chi connectivity index (χ2v) is 6.08. The molecule has 0 bridgehead atoms. The van der Waals surface area contributed by atoms with E-state index in [-0.39, 0.29) is 25.2 Å². The summed E-state index contributed by atoms with van der Waals surface area (Å²) in [5, 5.41) is 9.52. The number of halogens is 2. The zero-order valence-electron chi connectivity index (χ0n) is 10.4. The molecule has 0 aromatic heterocycles. The normalized spacial score (nSPS) is 41.3. The van der Waals surface area contributed by atoms with Crippen molar-refractivity contribution in [2.24, 2.45) is 11.7 Å². The topological polar surface area (TPSA) is 55.5 Å². The standard InChI is InChI=1S/C13H19BrFNO2/c1-8-4-9(6-17)13(16,7-18-8)11-5-10(14)2-3-12(11)15/h2,5,8-9,12,17H,3-4,6-7,16H2,1H3/t8-,9?,12?,13?/m0/s1. The molecule has 1 aliphatic carbocycles. The summed E-state index contributed by atoms with van der Waals surface area (Å²) < 4.78 is 20.5. The number of alkyl halides is 1. The first-order valence-electron chi connectivity index (χ1n) is 6.20. The summed E-state index contributed by atoms with van der Waals surface area (Å²) in [5.74, 6) is -0.163. The third-order valence-corrected chi connectivity index (χ3v) is 4.41. The molecule has 2 rings (SSSR count). The Morgan fingerprint density at radius 3 is 3.06 bits per heavy atom. The second kappa shape index (κ2) is 5.41. The average molecular weight is 320 g/mol. The van der Waals surface area contributed by atoms with Crippen LogP contribution in [0, 0.1) is 5.92 Å². The van der Waals surface area contributed by atoms with Crippen molar-refractivity contribution in [3.63, 3.8) is 0 Å². The quantitative estimate of drug-likeness (QED) is 0.819. The molecule has 0 radical (unpaired) electrons. The van der Waals surface area contributed by atoms with E-state index in [1.54, 1.807) is 12.2 Å². The number of hydrogen-bond donors (Lipinski definition) is 2. The van der Waals surface area contributed by atoms with Crippen molar-refractivity contribution in [1.82, 2.24) is 0 Å². The lowest BCUT2D eigenvalue weighted by Crippen LogP contribution is -2.60. The monoisotopic (exact) mass is 319 g/mol. The van der Waals surface area contributed by atoms with Gasteiger partial charge in [0.05, 0.1) is 18.2 Å². The molecule has 102 valence electrons. The smallest absolute Gasteiger partial charge is 0.127 e. The maximum Gasteiger partial charge on any atom is 0.127 e. The van der Waals surface area contributed by atoms with E-state index in [1.807, 2.05) is 6.92 Å². The molecule has 4 atom stereocenters. The van der Waals surface area contributed by atoms with E-state index in [9.17, 15) is 9.50 Å². The van der Waals surface area contributed by atoms with E-state index in [0.717, 1.165) is 4.48 Å². The molecule has 0 amide bonds. The van der Waals surface area contributed by atoms with Crippen LogP contribution < -0.4 is 5.73 Å². The van der Waals surface area contributed by atoms with E-state index in [1.165, 1.54) is 0 Å². The van der Waals surface area contributed by atoms with Crippen molar-refractivity contribution in [3.05, 3.63) is 22.2 Å². The number of hydrogen-bond acceptors (Lipinski definition) is 3. The molecule has 1 saturated heterocycles. The lowest BCUT2D eigenvalue weighted by Gasteiger charge is -2.45. The van der Waals surface area contributed by atoms with Crippen LogP contribution in [0.5, 0.6) is 0 Å². The summed E-state index contributed by atoms with van der Waals surface area (Å²) >= 11 is 3.36. The molecule has 0 aromatic carbocycles. The van der Waals surface area contributed by atoms with Gasteiger partial charge >= 0.3 is 0 Å². The van der Waals surface area contributed by atoms with Gasteiger partial charge in [-0.3, -0.25) is 0 Å². The lowest BCUT2D eigenvalue weighted by atomic mass is 9.72. The van der Waals surface area contributed by atoms with Crippen LogP contribution in [-0.2, 0) is 4.74 Å². The molecule has 5 heteroatoms. The Labute approximate surface area is 115 Å². The van der Waals surface area contributed by atoms with Gasteiger partial charge in [-0.05, 0) is 25.0 Å². The zero-order valence-corrected chi connectivity index (χ0v) is 12.0. The predicted molar refractivity (Wildman–Crippen MR) is 72.1 cm³/mol. The Morgan fingerprint density at radius 1 is 1.67 bits per heavy atom. The van der Waals surface area contributed by atoms with Crippen molar-refractivity contribution in [2.45, 2.75) is 37.6 Å². The minimum Gasteiger partial charge on any atom is -0.396 e. The Bertz CT molecular complexity index is 385. The molecule has 2 aliphatic rings. The molecule has 0 saturated carbocycles. The van der Waals surface area contributed by atoms with Gasteiger partial charge in [-0.1, -0.05) is 22.0 Å². The molecule has 1 aliphatic heterocycles. The number of aliphatic hydroxyl groups excluding tert-OH is 1. The van der Waals surface area contributed by atoms with E-state index in [0.29, 0.717) is 18.4 Å². The average Bonchev–Trinajstić information content (AvgIpc) is 2.35. The van der Waals surface area contributed by atoms with Crippen molar-refractivity contribution < 1.29 is 14.2 Å². The van der Waals surface area contributed by atoms with Crippen LogP contribution in [-0.4, -0.2) is 36.1 Å². The molecule has 3 unspecified atom stereocenters. The molecule has 1 heterocycles. The third-order valence-electron chi connectivity index (χ3n) is 3.86. The van der Waals surface area contributed by atoms with Gasteiger partial charge in [0.1, 0.15) is 6.17 Å². The Morgan fingerprint density at radius 2 is 2.39 bits per heavy atom. The first-order chi connectivity index (χ1) is 8.47. The molecular weight excluding hydrogens is 301 g/mol. The van der Waals surface area contributed by atoms with Crippen LogP contribution in [0.1, 0.15) is 19.8 Å². The minimum atomic E-state index is -1.10. The molecule has 0 aromatic rings. The molecule has 18 heavy (non-hydrogen) atoms. The Kier molecular flexibility index (Phi) is 4.26.